The number of hydrogen-bond donors (Lipinski definition) is 1. The first-order chi connectivity index (χ1) is 13.5. The summed E-state index contributed by atoms with van der Waals surface area (Å²) in [5.41, 5.74) is 3.71. The van der Waals surface area contributed by atoms with Gasteiger partial charge in [-0.3, -0.25) is 4.79 Å². The zero-order valence-corrected chi connectivity index (χ0v) is 16.7. The normalized spacial score (nSPS) is 12.2. The van der Waals surface area contributed by atoms with Gasteiger partial charge in [-0.2, -0.15) is 0 Å². The van der Waals surface area contributed by atoms with Crippen LogP contribution in [0.3, 0.4) is 0 Å². The number of aromatic nitrogens is 3. The molecule has 1 N–H and O–H groups in total. The fourth-order valence-corrected chi connectivity index (χ4v) is 3.46. The molecule has 1 unspecified atom stereocenters. The lowest BCUT2D eigenvalue weighted by molar-refractivity contribution is -0.143. The predicted molar refractivity (Wildman–Crippen MR) is 106 cm³/mol. The van der Waals surface area contributed by atoms with Crippen LogP contribution >= 0.6 is 11.6 Å². The standard InChI is InChI=1S/C20H22ClN3O4/c1-4-28-19(26)10-15(12-5-6-16(21)14(7-12)11-25)13-8-17-20(18(9-13)27-3)24(2)23-22-17/h5-9,15,25H,4,10-11H2,1-3H3. The van der Waals surface area contributed by atoms with E-state index in [2.05, 4.69) is 10.3 Å². The number of hydrogen-bond acceptors (Lipinski definition) is 6. The highest BCUT2D eigenvalue weighted by Crippen LogP contribution is 2.36. The van der Waals surface area contributed by atoms with E-state index in [4.69, 9.17) is 21.1 Å². The number of halogens is 1. The Bertz CT molecular complexity index is 1000. The second kappa shape index (κ2) is 8.58. The zero-order valence-electron chi connectivity index (χ0n) is 16.0. The summed E-state index contributed by atoms with van der Waals surface area (Å²) < 4.78 is 12.3. The van der Waals surface area contributed by atoms with E-state index in [9.17, 15) is 9.90 Å². The van der Waals surface area contributed by atoms with Gasteiger partial charge in [-0.1, -0.05) is 28.9 Å². The third-order valence-electron chi connectivity index (χ3n) is 4.63. The molecule has 0 radical (unpaired) electrons. The number of ether oxygens (including phenoxy) is 2. The second-order valence-corrected chi connectivity index (χ2v) is 6.78. The van der Waals surface area contributed by atoms with E-state index in [1.807, 2.05) is 18.2 Å². The Kier molecular flexibility index (Phi) is 6.16. The van der Waals surface area contributed by atoms with Gasteiger partial charge in [0.25, 0.3) is 0 Å². The van der Waals surface area contributed by atoms with Gasteiger partial charge in [-0.25, -0.2) is 4.68 Å². The summed E-state index contributed by atoms with van der Waals surface area (Å²) in [6.45, 7) is 1.89. The molecule has 0 aliphatic carbocycles. The third kappa shape index (κ3) is 3.95. The van der Waals surface area contributed by atoms with Crippen LogP contribution in [0.1, 0.15) is 36.0 Å². The van der Waals surface area contributed by atoms with E-state index in [0.29, 0.717) is 28.5 Å². The van der Waals surface area contributed by atoms with Crippen molar-refractivity contribution in [2.75, 3.05) is 13.7 Å². The van der Waals surface area contributed by atoms with Crippen molar-refractivity contribution in [1.82, 2.24) is 15.0 Å². The first-order valence-corrected chi connectivity index (χ1v) is 9.28. The summed E-state index contributed by atoms with van der Waals surface area (Å²) in [5, 5.41) is 18.3. The average Bonchev–Trinajstić information content (AvgIpc) is 3.07. The van der Waals surface area contributed by atoms with Crippen LogP contribution in [0.25, 0.3) is 11.0 Å². The first kappa shape index (κ1) is 20.1. The average molecular weight is 404 g/mol. The van der Waals surface area contributed by atoms with E-state index in [1.165, 1.54) is 0 Å². The van der Waals surface area contributed by atoms with Crippen LogP contribution in [-0.2, 0) is 23.2 Å². The molecule has 1 atom stereocenters. The van der Waals surface area contributed by atoms with Crippen LogP contribution in [0.4, 0.5) is 0 Å². The molecule has 2 aromatic carbocycles. The Morgan fingerprint density at radius 2 is 2.07 bits per heavy atom. The summed E-state index contributed by atoms with van der Waals surface area (Å²) in [4.78, 5) is 12.3. The van der Waals surface area contributed by atoms with Crippen molar-refractivity contribution in [3.8, 4) is 5.75 Å². The van der Waals surface area contributed by atoms with Crippen LogP contribution in [0, 0.1) is 0 Å². The number of carbonyl (C=O) groups excluding carboxylic acids is 1. The van der Waals surface area contributed by atoms with Crippen molar-refractivity contribution in [1.29, 1.82) is 0 Å². The SMILES string of the molecule is CCOC(=O)CC(c1ccc(Cl)c(CO)c1)c1cc(OC)c2c(c1)nnn2C. The number of rotatable bonds is 7. The van der Waals surface area contributed by atoms with Crippen molar-refractivity contribution in [2.24, 2.45) is 7.05 Å². The minimum absolute atomic E-state index is 0.134. The lowest BCUT2D eigenvalue weighted by atomic mass is 9.87. The van der Waals surface area contributed by atoms with Crippen LogP contribution in [0.5, 0.6) is 5.75 Å². The number of benzene rings is 2. The van der Waals surface area contributed by atoms with E-state index in [-0.39, 0.29) is 24.9 Å². The van der Waals surface area contributed by atoms with Gasteiger partial charge >= 0.3 is 5.97 Å². The largest absolute Gasteiger partial charge is 0.494 e. The summed E-state index contributed by atoms with van der Waals surface area (Å²) in [5.74, 6) is -0.0154. The molecule has 0 aliphatic rings. The summed E-state index contributed by atoms with van der Waals surface area (Å²) in [7, 11) is 3.37. The fourth-order valence-electron chi connectivity index (χ4n) is 3.28. The zero-order chi connectivity index (χ0) is 20.3. The van der Waals surface area contributed by atoms with Crippen molar-refractivity contribution < 1.29 is 19.4 Å². The quantitative estimate of drug-likeness (QED) is 0.609. The molecule has 0 aliphatic heterocycles. The maximum Gasteiger partial charge on any atom is 0.306 e. The molecular weight excluding hydrogens is 382 g/mol. The highest BCUT2D eigenvalue weighted by molar-refractivity contribution is 6.31. The monoisotopic (exact) mass is 403 g/mol. The number of methoxy groups -OCH3 is 1. The molecular formula is C20H22ClN3O4. The van der Waals surface area contributed by atoms with Crippen LogP contribution < -0.4 is 4.74 Å². The number of fused-ring (bicyclic) bond motifs is 1. The molecule has 1 aromatic heterocycles. The molecule has 0 bridgehead atoms. The van der Waals surface area contributed by atoms with Crippen molar-refractivity contribution in [3.63, 3.8) is 0 Å². The highest BCUT2D eigenvalue weighted by atomic mass is 35.5. The van der Waals surface area contributed by atoms with Gasteiger partial charge in [-0.05, 0) is 41.8 Å². The van der Waals surface area contributed by atoms with Crippen molar-refractivity contribution in [3.05, 3.63) is 52.0 Å². The Hall–Kier alpha value is -2.64. The van der Waals surface area contributed by atoms with Gasteiger partial charge in [0, 0.05) is 18.0 Å². The van der Waals surface area contributed by atoms with E-state index < -0.39 is 0 Å². The van der Waals surface area contributed by atoms with Crippen molar-refractivity contribution >= 4 is 28.6 Å². The molecule has 1 heterocycles. The Labute approximate surface area is 167 Å². The molecule has 0 saturated carbocycles. The number of aryl methyl sites for hydroxylation is 1. The lowest BCUT2D eigenvalue weighted by Gasteiger charge is -2.19. The Morgan fingerprint density at radius 1 is 1.29 bits per heavy atom. The number of esters is 1. The van der Waals surface area contributed by atoms with Crippen LogP contribution in [0.15, 0.2) is 30.3 Å². The maximum atomic E-state index is 12.3. The number of aliphatic hydroxyl groups is 1. The lowest BCUT2D eigenvalue weighted by Crippen LogP contribution is -2.12. The van der Waals surface area contributed by atoms with Gasteiger partial charge in [0.15, 0.2) is 0 Å². The van der Waals surface area contributed by atoms with E-state index in [0.717, 1.165) is 16.6 Å². The molecule has 8 heteroatoms. The summed E-state index contributed by atoms with van der Waals surface area (Å²) in [6, 6.07) is 9.14. The van der Waals surface area contributed by atoms with Gasteiger partial charge < -0.3 is 14.6 Å². The molecule has 0 amide bonds. The number of aliphatic hydroxyl groups excluding tert-OH is 1. The molecule has 0 fully saturated rings. The van der Waals surface area contributed by atoms with E-state index >= 15 is 0 Å². The van der Waals surface area contributed by atoms with Crippen LogP contribution in [0.2, 0.25) is 5.02 Å². The molecule has 0 spiro atoms. The van der Waals surface area contributed by atoms with Gasteiger partial charge in [0.1, 0.15) is 16.8 Å². The van der Waals surface area contributed by atoms with Gasteiger partial charge in [-0.15, -0.1) is 5.10 Å². The third-order valence-corrected chi connectivity index (χ3v) is 5.00. The number of nitrogens with zero attached hydrogens (tertiary/aromatic N) is 3. The predicted octanol–water partition coefficient (Wildman–Crippen LogP) is 3.21. The topological polar surface area (TPSA) is 86.5 Å². The summed E-state index contributed by atoms with van der Waals surface area (Å²) in [6.07, 6.45) is 0.134. The smallest absolute Gasteiger partial charge is 0.306 e. The van der Waals surface area contributed by atoms with Gasteiger partial charge in [0.2, 0.25) is 0 Å². The molecule has 3 rings (SSSR count). The van der Waals surface area contributed by atoms with Crippen molar-refractivity contribution in [2.45, 2.75) is 25.9 Å². The summed E-state index contributed by atoms with van der Waals surface area (Å²) >= 11 is 6.14. The second-order valence-electron chi connectivity index (χ2n) is 6.37. The highest BCUT2D eigenvalue weighted by Gasteiger charge is 2.23. The Balaban J connectivity index is 2.13. The number of carbonyl (C=O) groups is 1. The fraction of sp³-hybridized carbons (Fsp3) is 0.350. The Morgan fingerprint density at radius 3 is 2.75 bits per heavy atom. The van der Waals surface area contributed by atoms with E-state index in [1.54, 1.807) is 37.9 Å². The van der Waals surface area contributed by atoms with Gasteiger partial charge in [0.05, 0.1) is 26.7 Å². The minimum Gasteiger partial charge on any atom is -0.494 e. The maximum absolute atomic E-state index is 12.3. The van der Waals surface area contributed by atoms with Crippen LogP contribution in [-0.4, -0.2) is 39.8 Å². The minimum atomic E-state index is -0.318. The molecule has 0 saturated heterocycles. The molecule has 7 nitrogen and oxygen atoms in total. The molecule has 3 aromatic rings. The molecule has 148 valence electrons. The first-order valence-electron chi connectivity index (χ1n) is 8.90. The molecule has 28 heavy (non-hydrogen) atoms.